The summed E-state index contributed by atoms with van der Waals surface area (Å²) in [5.74, 6) is 1.90. The van der Waals surface area contributed by atoms with Crippen LogP contribution >= 0.6 is 11.3 Å². The van der Waals surface area contributed by atoms with Crippen LogP contribution in [0.1, 0.15) is 17.1 Å². The molecule has 0 radical (unpaired) electrons. The predicted octanol–water partition coefficient (Wildman–Crippen LogP) is 3.33. The Morgan fingerprint density at radius 3 is 3.00 bits per heavy atom. The van der Waals surface area contributed by atoms with Crippen molar-refractivity contribution in [3.63, 3.8) is 0 Å². The van der Waals surface area contributed by atoms with Gasteiger partial charge in [-0.2, -0.15) is 5.10 Å². The average molecular weight is 273 g/mol. The molecule has 3 heterocycles. The topological polar surface area (TPSA) is 53.9 Å². The highest BCUT2D eigenvalue weighted by Crippen LogP contribution is 2.25. The van der Waals surface area contributed by atoms with Crippen molar-refractivity contribution in [2.24, 2.45) is 0 Å². The molecule has 0 saturated carbocycles. The van der Waals surface area contributed by atoms with Crippen molar-refractivity contribution in [1.82, 2.24) is 15.5 Å². The SMILES string of the molecule is Cc1ccc(CNCc2cn[nH]c2-c2cccs2)o1. The van der Waals surface area contributed by atoms with Gasteiger partial charge in [0.25, 0.3) is 0 Å². The number of hydrogen-bond donors (Lipinski definition) is 2. The summed E-state index contributed by atoms with van der Waals surface area (Å²) >= 11 is 1.71. The van der Waals surface area contributed by atoms with E-state index >= 15 is 0 Å². The van der Waals surface area contributed by atoms with Crippen LogP contribution in [0.25, 0.3) is 10.6 Å². The van der Waals surface area contributed by atoms with Crippen LogP contribution in [0.3, 0.4) is 0 Å². The van der Waals surface area contributed by atoms with Crippen molar-refractivity contribution >= 4 is 11.3 Å². The Bertz CT molecular complexity index is 639. The van der Waals surface area contributed by atoms with Crippen LogP contribution < -0.4 is 5.32 Å². The van der Waals surface area contributed by atoms with Gasteiger partial charge in [0.1, 0.15) is 11.5 Å². The second-order valence-corrected chi connectivity index (χ2v) is 5.31. The van der Waals surface area contributed by atoms with E-state index in [4.69, 9.17) is 4.42 Å². The molecule has 0 amide bonds. The lowest BCUT2D eigenvalue weighted by molar-refractivity contribution is 0.462. The number of thiophene rings is 1. The summed E-state index contributed by atoms with van der Waals surface area (Å²) in [6, 6.07) is 8.12. The first-order valence-electron chi connectivity index (χ1n) is 6.15. The van der Waals surface area contributed by atoms with E-state index in [9.17, 15) is 0 Å². The molecule has 98 valence electrons. The Morgan fingerprint density at radius 2 is 2.26 bits per heavy atom. The molecule has 4 nitrogen and oxygen atoms in total. The van der Waals surface area contributed by atoms with E-state index in [1.807, 2.05) is 31.3 Å². The van der Waals surface area contributed by atoms with Crippen molar-refractivity contribution in [2.75, 3.05) is 0 Å². The maximum Gasteiger partial charge on any atom is 0.117 e. The third kappa shape index (κ3) is 2.77. The van der Waals surface area contributed by atoms with E-state index in [1.165, 1.54) is 10.4 Å². The molecule has 0 aliphatic rings. The van der Waals surface area contributed by atoms with Crippen LogP contribution in [-0.2, 0) is 13.1 Å². The molecule has 3 aromatic heterocycles. The van der Waals surface area contributed by atoms with E-state index in [1.54, 1.807) is 11.3 Å². The molecule has 19 heavy (non-hydrogen) atoms. The van der Waals surface area contributed by atoms with Gasteiger partial charge in [-0.3, -0.25) is 5.10 Å². The highest BCUT2D eigenvalue weighted by Gasteiger charge is 2.08. The summed E-state index contributed by atoms with van der Waals surface area (Å²) in [4.78, 5) is 1.21. The van der Waals surface area contributed by atoms with Gasteiger partial charge in [-0.25, -0.2) is 0 Å². The second kappa shape index (κ2) is 5.42. The fourth-order valence-electron chi connectivity index (χ4n) is 1.98. The van der Waals surface area contributed by atoms with Gasteiger partial charge in [0.2, 0.25) is 0 Å². The zero-order valence-electron chi connectivity index (χ0n) is 10.6. The first-order chi connectivity index (χ1) is 9.33. The molecule has 0 aliphatic carbocycles. The number of H-pyrrole nitrogens is 1. The third-order valence-electron chi connectivity index (χ3n) is 2.90. The molecular weight excluding hydrogens is 258 g/mol. The fraction of sp³-hybridized carbons (Fsp3) is 0.214. The van der Waals surface area contributed by atoms with E-state index < -0.39 is 0 Å². The van der Waals surface area contributed by atoms with E-state index in [0.29, 0.717) is 0 Å². The first kappa shape index (κ1) is 12.2. The van der Waals surface area contributed by atoms with Crippen molar-refractivity contribution in [3.05, 3.63) is 52.9 Å². The van der Waals surface area contributed by atoms with E-state index in [0.717, 1.165) is 30.3 Å². The molecule has 0 fully saturated rings. The van der Waals surface area contributed by atoms with Crippen LogP contribution in [0.5, 0.6) is 0 Å². The standard InChI is InChI=1S/C14H15N3OS/c1-10-4-5-12(18-10)9-15-7-11-8-16-17-14(11)13-3-2-6-19-13/h2-6,8,15H,7,9H2,1H3,(H,16,17). The summed E-state index contributed by atoms with van der Waals surface area (Å²) in [6.07, 6.45) is 1.87. The first-order valence-corrected chi connectivity index (χ1v) is 7.03. The number of aryl methyl sites for hydroxylation is 1. The van der Waals surface area contributed by atoms with Gasteiger partial charge < -0.3 is 9.73 Å². The largest absolute Gasteiger partial charge is 0.465 e. The van der Waals surface area contributed by atoms with Gasteiger partial charge >= 0.3 is 0 Å². The zero-order valence-corrected chi connectivity index (χ0v) is 11.5. The summed E-state index contributed by atoms with van der Waals surface area (Å²) in [5, 5.41) is 12.6. The highest BCUT2D eigenvalue weighted by molar-refractivity contribution is 7.13. The lowest BCUT2D eigenvalue weighted by atomic mass is 10.2. The monoisotopic (exact) mass is 273 g/mol. The minimum atomic E-state index is 0.725. The molecular formula is C14H15N3OS. The Morgan fingerprint density at radius 1 is 1.32 bits per heavy atom. The smallest absolute Gasteiger partial charge is 0.117 e. The Hall–Kier alpha value is -1.85. The van der Waals surface area contributed by atoms with Gasteiger partial charge in [-0.1, -0.05) is 6.07 Å². The molecule has 0 spiro atoms. The summed E-state index contributed by atoms with van der Waals surface area (Å²) in [6.45, 7) is 3.45. The minimum Gasteiger partial charge on any atom is -0.465 e. The van der Waals surface area contributed by atoms with Gasteiger partial charge in [-0.15, -0.1) is 11.3 Å². The molecule has 3 aromatic rings. The minimum absolute atomic E-state index is 0.725. The summed E-state index contributed by atoms with van der Waals surface area (Å²) in [7, 11) is 0. The normalized spacial score (nSPS) is 11.0. The van der Waals surface area contributed by atoms with Gasteiger partial charge in [0.05, 0.1) is 23.3 Å². The molecule has 3 rings (SSSR count). The van der Waals surface area contributed by atoms with Crippen LogP contribution in [0, 0.1) is 6.92 Å². The molecule has 5 heteroatoms. The molecule has 0 aromatic carbocycles. The second-order valence-electron chi connectivity index (χ2n) is 4.36. The predicted molar refractivity (Wildman–Crippen MR) is 75.9 cm³/mol. The number of aromatic nitrogens is 2. The maximum atomic E-state index is 5.52. The number of rotatable bonds is 5. The number of furan rings is 1. The molecule has 2 N–H and O–H groups in total. The Kier molecular flexibility index (Phi) is 3.48. The van der Waals surface area contributed by atoms with Crippen molar-refractivity contribution in [1.29, 1.82) is 0 Å². The lowest BCUT2D eigenvalue weighted by Gasteiger charge is -2.03. The van der Waals surface area contributed by atoms with Crippen LogP contribution in [-0.4, -0.2) is 10.2 Å². The molecule has 0 atom stereocenters. The van der Waals surface area contributed by atoms with Crippen LogP contribution in [0.4, 0.5) is 0 Å². The third-order valence-corrected chi connectivity index (χ3v) is 3.78. The van der Waals surface area contributed by atoms with Gasteiger partial charge in [0.15, 0.2) is 0 Å². The zero-order chi connectivity index (χ0) is 13.1. The highest BCUT2D eigenvalue weighted by atomic mass is 32.1. The number of nitrogens with one attached hydrogen (secondary N) is 2. The van der Waals surface area contributed by atoms with E-state index in [-0.39, 0.29) is 0 Å². The molecule has 0 aliphatic heterocycles. The van der Waals surface area contributed by atoms with Crippen molar-refractivity contribution in [3.8, 4) is 10.6 Å². The van der Waals surface area contributed by atoms with Crippen molar-refractivity contribution in [2.45, 2.75) is 20.0 Å². The Balaban J connectivity index is 1.63. The van der Waals surface area contributed by atoms with Crippen LogP contribution in [0.2, 0.25) is 0 Å². The van der Waals surface area contributed by atoms with Crippen LogP contribution in [0.15, 0.2) is 40.3 Å². The lowest BCUT2D eigenvalue weighted by Crippen LogP contribution is -2.12. The molecule has 0 unspecified atom stereocenters. The van der Waals surface area contributed by atoms with E-state index in [2.05, 4.69) is 27.0 Å². The van der Waals surface area contributed by atoms with Gasteiger partial charge in [0, 0.05) is 12.1 Å². The summed E-state index contributed by atoms with van der Waals surface area (Å²) < 4.78 is 5.52. The average Bonchev–Trinajstić information content (AvgIpc) is 3.09. The number of aromatic amines is 1. The number of nitrogens with zero attached hydrogens (tertiary/aromatic N) is 1. The maximum absolute atomic E-state index is 5.52. The molecule has 0 bridgehead atoms. The Labute approximate surface area is 115 Å². The quantitative estimate of drug-likeness (QED) is 0.749. The number of hydrogen-bond acceptors (Lipinski definition) is 4. The van der Waals surface area contributed by atoms with Crippen molar-refractivity contribution < 1.29 is 4.42 Å². The summed E-state index contributed by atoms with van der Waals surface area (Å²) in [5.41, 5.74) is 2.27. The molecule has 0 saturated heterocycles. The van der Waals surface area contributed by atoms with Gasteiger partial charge in [-0.05, 0) is 30.5 Å². The fourth-order valence-corrected chi connectivity index (χ4v) is 2.74.